The largest absolute Gasteiger partial charge is 0.484 e. The molecule has 0 N–H and O–H groups in total. The van der Waals surface area contributed by atoms with Crippen LogP contribution in [-0.4, -0.2) is 21.2 Å². The molecule has 1 atom stereocenters. The van der Waals surface area contributed by atoms with E-state index in [1.165, 1.54) is 11.8 Å². The molecule has 2 aromatic rings. The number of nitrogens with zero attached hydrogens (tertiary/aromatic N) is 2. The van der Waals surface area contributed by atoms with E-state index in [2.05, 4.69) is 10.2 Å². The molecule has 122 valence electrons. The molecule has 23 heavy (non-hydrogen) atoms. The van der Waals surface area contributed by atoms with Crippen molar-refractivity contribution in [2.45, 2.75) is 56.6 Å². The van der Waals surface area contributed by atoms with Crippen molar-refractivity contribution in [2.75, 3.05) is 0 Å². The lowest BCUT2D eigenvalue weighted by molar-refractivity contribution is -0.119. The zero-order valence-electron chi connectivity index (χ0n) is 13.4. The summed E-state index contributed by atoms with van der Waals surface area (Å²) in [6.07, 6.45) is 3.63. The molecule has 0 radical (unpaired) electrons. The van der Waals surface area contributed by atoms with Gasteiger partial charge in [0.2, 0.25) is 0 Å². The van der Waals surface area contributed by atoms with Crippen molar-refractivity contribution >= 4 is 17.5 Å². The number of carbonyl (C=O) groups is 1. The number of ether oxygens (including phenoxy) is 1. The molecular weight excluding hydrogens is 312 g/mol. The molecular formula is C17H20N2O3S. The van der Waals surface area contributed by atoms with Crippen LogP contribution in [0.3, 0.4) is 0 Å². The zero-order valence-corrected chi connectivity index (χ0v) is 14.2. The maximum atomic E-state index is 11.9. The minimum Gasteiger partial charge on any atom is -0.484 e. The lowest BCUT2D eigenvalue weighted by Crippen LogP contribution is -2.21. The van der Waals surface area contributed by atoms with Gasteiger partial charge in [0.25, 0.3) is 11.1 Å². The van der Waals surface area contributed by atoms with Crippen molar-refractivity contribution < 1.29 is 13.9 Å². The van der Waals surface area contributed by atoms with Crippen LogP contribution in [0.4, 0.5) is 0 Å². The van der Waals surface area contributed by atoms with E-state index >= 15 is 0 Å². The molecule has 1 aliphatic carbocycles. The van der Waals surface area contributed by atoms with E-state index in [9.17, 15) is 4.79 Å². The molecule has 1 aliphatic rings. The molecule has 0 saturated heterocycles. The summed E-state index contributed by atoms with van der Waals surface area (Å²) in [7, 11) is 0. The van der Waals surface area contributed by atoms with Crippen LogP contribution in [0, 0.1) is 13.8 Å². The van der Waals surface area contributed by atoms with Gasteiger partial charge in [-0.25, -0.2) is 0 Å². The van der Waals surface area contributed by atoms with Gasteiger partial charge in [-0.1, -0.05) is 30.3 Å². The Morgan fingerprint density at radius 3 is 3.00 bits per heavy atom. The number of ketones is 1. The average molecular weight is 332 g/mol. The minimum atomic E-state index is -0.0445. The average Bonchev–Trinajstić information content (AvgIpc) is 2.98. The second-order valence-corrected chi connectivity index (χ2v) is 6.99. The summed E-state index contributed by atoms with van der Waals surface area (Å²) < 4.78 is 11.3. The van der Waals surface area contributed by atoms with Gasteiger partial charge in [-0.05, 0) is 43.9 Å². The highest BCUT2D eigenvalue weighted by Gasteiger charge is 2.25. The Kier molecular flexibility index (Phi) is 5.00. The topological polar surface area (TPSA) is 65.2 Å². The summed E-state index contributed by atoms with van der Waals surface area (Å²) in [6.45, 7) is 4.25. The molecule has 3 rings (SSSR count). The Bertz CT molecular complexity index is 699. The number of rotatable bonds is 5. The predicted molar refractivity (Wildman–Crippen MR) is 87.7 cm³/mol. The monoisotopic (exact) mass is 332 g/mol. The van der Waals surface area contributed by atoms with E-state index in [-0.39, 0.29) is 17.6 Å². The number of carbonyl (C=O) groups excluding carboxylic acids is 1. The van der Waals surface area contributed by atoms with E-state index in [0.29, 0.717) is 17.5 Å². The molecule has 0 bridgehead atoms. The number of thioether (sulfide) groups is 1. The van der Waals surface area contributed by atoms with Crippen molar-refractivity contribution in [1.82, 2.24) is 10.2 Å². The molecule has 1 heterocycles. The molecule has 0 amide bonds. The second-order valence-electron chi connectivity index (χ2n) is 5.84. The fraction of sp³-hybridized carbons (Fsp3) is 0.471. The molecule has 0 unspecified atom stereocenters. The molecule has 5 nitrogen and oxygen atoms in total. The first-order valence-corrected chi connectivity index (χ1v) is 8.71. The number of hydrogen-bond donors (Lipinski definition) is 0. The van der Waals surface area contributed by atoms with Crippen LogP contribution in [0.25, 0.3) is 0 Å². The number of aryl methyl sites for hydroxylation is 2. The smallest absolute Gasteiger partial charge is 0.277 e. The van der Waals surface area contributed by atoms with Gasteiger partial charge in [0.15, 0.2) is 6.61 Å². The first-order chi connectivity index (χ1) is 11.1. The van der Waals surface area contributed by atoms with Crippen LogP contribution in [0.15, 0.2) is 27.8 Å². The van der Waals surface area contributed by atoms with E-state index in [1.807, 2.05) is 32.0 Å². The molecule has 0 aliphatic heterocycles. The number of Topliss-reactive ketones (excluding diaryl/α,β-unsaturated/α-hetero) is 1. The highest BCUT2D eigenvalue weighted by atomic mass is 32.2. The van der Waals surface area contributed by atoms with Gasteiger partial charge >= 0.3 is 0 Å². The van der Waals surface area contributed by atoms with Gasteiger partial charge in [0.05, 0.1) is 5.25 Å². The highest BCUT2D eigenvalue weighted by Crippen LogP contribution is 2.31. The third kappa shape index (κ3) is 4.13. The fourth-order valence-electron chi connectivity index (χ4n) is 2.54. The van der Waals surface area contributed by atoms with E-state index in [1.54, 1.807) is 0 Å². The molecule has 1 aromatic carbocycles. The standard InChI is InChI=1S/C17H20N2O3S/c1-11-7-8-12(2)14(9-11)21-10-16-18-19-17(22-16)23-15-6-4-3-5-13(15)20/h7-9,15H,3-6,10H2,1-2H3/t15-/m1/s1. The Morgan fingerprint density at radius 1 is 1.30 bits per heavy atom. The van der Waals surface area contributed by atoms with Gasteiger partial charge in [-0.2, -0.15) is 0 Å². The minimum absolute atomic E-state index is 0.0445. The third-order valence-electron chi connectivity index (χ3n) is 3.88. The maximum absolute atomic E-state index is 11.9. The molecule has 6 heteroatoms. The lowest BCUT2D eigenvalue weighted by atomic mass is 9.99. The van der Waals surface area contributed by atoms with E-state index < -0.39 is 0 Å². The first kappa shape index (κ1) is 16.1. The second kappa shape index (κ2) is 7.17. The lowest BCUT2D eigenvalue weighted by Gasteiger charge is -2.17. The summed E-state index contributed by atoms with van der Waals surface area (Å²) in [5, 5.41) is 8.42. The van der Waals surface area contributed by atoms with Crippen LogP contribution in [0.5, 0.6) is 5.75 Å². The van der Waals surface area contributed by atoms with Gasteiger partial charge in [0.1, 0.15) is 11.5 Å². The quantitative estimate of drug-likeness (QED) is 0.828. The summed E-state index contributed by atoms with van der Waals surface area (Å²) in [5.41, 5.74) is 2.21. The summed E-state index contributed by atoms with van der Waals surface area (Å²) in [5.74, 6) is 1.53. The first-order valence-electron chi connectivity index (χ1n) is 7.83. The van der Waals surface area contributed by atoms with Crippen molar-refractivity contribution in [3.63, 3.8) is 0 Å². The Hall–Kier alpha value is -1.82. The fourth-order valence-corrected chi connectivity index (χ4v) is 3.55. The van der Waals surface area contributed by atoms with Crippen molar-refractivity contribution in [3.8, 4) is 5.75 Å². The number of aromatic nitrogens is 2. The van der Waals surface area contributed by atoms with Gasteiger partial charge in [-0.3, -0.25) is 4.79 Å². The van der Waals surface area contributed by atoms with Gasteiger partial charge in [0, 0.05) is 6.42 Å². The Balaban J connectivity index is 1.59. The number of hydrogen-bond acceptors (Lipinski definition) is 6. The van der Waals surface area contributed by atoms with Crippen LogP contribution >= 0.6 is 11.8 Å². The molecule has 1 fully saturated rings. The molecule has 0 spiro atoms. The summed E-state index contributed by atoms with van der Waals surface area (Å²) >= 11 is 1.38. The maximum Gasteiger partial charge on any atom is 0.277 e. The van der Waals surface area contributed by atoms with Crippen LogP contribution < -0.4 is 4.74 Å². The van der Waals surface area contributed by atoms with Crippen molar-refractivity contribution in [2.24, 2.45) is 0 Å². The normalized spacial score (nSPS) is 18.2. The summed E-state index contributed by atoms with van der Waals surface area (Å²) in [6, 6.07) is 6.06. The van der Waals surface area contributed by atoms with Crippen LogP contribution in [0.2, 0.25) is 0 Å². The van der Waals surface area contributed by atoms with Crippen LogP contribution in [0.1, 0.15) is 42.7 Å². The third-order valence-corrected chi connectivity index (χ3v) is 5.03. The van der Waals surface area contributed by atoms with Gasteiger partial charge < -0.3 is 9.15 Å². The SMILES string of the molecule is Cc1ccc(C)c(OCc2nnc(S[C@@H]3CCCCC3=O)o2)c1. The summed E-state index contributed by atoms with van der Waals surface area (Å²) in [4.78, 5) is 11.9. The molecule has 1 saturated carbocycles. The van der Waals surface area contributed by atoms with Crippen molar-refractivity contribution in [3.05, 3.63) is 35.2 Å². The zero-order chi connectivity index (χ0) is 16.2. The van der Waals surface area contributed by atoms with Gasteiger partial charge in [-0.15, -0.1) is 10.2 Å². The van der Waals surface area contributed by atoms with Crippen molar-refractivity contribution in [1.29, 1.82) is 0 Å². The predicted octanol–water partition coefficient (Wildman–Crippen LogP) is 3.87. The Labute approximate surface area is 139 Å². The van der Waals surface area contributed by atoms with Crippen LogP contribution in [-0.2, 0) is 11.4 Å². The Morgan fingerprint density at radius 2 is 2.17 bits per heavy atom. The molecule has 1 aromatic heterocycles. The van der Waals surface area contributed by atoms with E-state index in [0.717, 1.165) is 36.1 Å². The highest BCUT2D eigenvalue weighted by molar-refractivity contribution is 8.00. The number of benzene rings is 1. The van der Waals surface area contributed by atoms with E-state index in [4.69, 9.17) is 9.15 Å².